The quantitative estimate of drug-likeness (QED) is 0.763. The van der Waals surface area contributed by atoms with Gasteiger partial charge >= 0.3 is 5.97 Å². The fraction of sp³-hybridized carbons (Fsp3) is 0.643. The summed E-state index contributed by atoms with van der Waals surface area (Å²) in [5.41, 5.74) is 1.06. The van der Waals surface area contributed by atoms with Crippen molar-refractivity contribution in [1.29, 1.82) is 0 Å². The van der Waals surface area contributed by atoms with Crippen LogP contribution in [-0.4, -0.2) is 34.4 Å². The highest BCUT2D eigenvalue weighted by molar-refractivity contribution is 7.99. The van der Waals surface area contributed by atoms with E-state index in [0.717, 1.165) is 17.0 Å². The summed E-state index contributed by atoms with van der Waals surface area (Å²) in [6.45, 7) is 7.38. The molecular weight excluding hydrogens is 292 g/mol. The molecule has 0 saturated heterocycles. The number of hydrogen-bond acceptors (Lipinski definition) is 5. The molecule has 7 heteroatoms. The third kappa shape index (κ3) is 5.41. The van der Waals surface area contributed by atoms with Gasteiger partial charge in [-0.15, -0.1) is 11.8 Å². The summed E-state index contributed by atoms with van der Waals surface area (Å²) in [7, 11) is 0. The van der Waals surface area contributed by atoms with Crippen molar-refractivity contribution in [3.8, 4) is 0 Å². The Labute approximate surface area is 128 Å². The minimum atomic E-state index is -0.857. The lowest BCUT2D eigenvalue weighted by Gasteiger charge is -2.18. The summed E-state index contributed by atoms with van der Waals surface area (Å²) < 4.78 is 5.06. The van der Waals surface area contributed by atoms with E-state index < -0.39 is 11.4 Å². The molecule has 0 aromatic carbocycles. The molecule has 0 spiro atoms. The Bertz CT molecular complexity index is 492. The van der Waals surface area contributed by atoms with Crippen LogP contribution in [0.4, 0.5) is 0 Å². The van der Waals surface area contributed by atoms with Crippen LogP contribution in [0.2, 0.25) is 0 Å². The monoisotopic (exact) mass is 314 g/mol. The van der Waals surface area contributed by atoms with Crippen molar-refractivity contribution in [2.45, 2.75) is 39.9 Å². The summed E-state index contributed by atoms with van der Waals surface area (Å²) >= 11 is 1.48. The molecule has 0 atom stereocenters. The number of thioether (sulfide) groups is 1. The molecule has 118 valence electrons. The van der Waals surface area contributed by atoms with E-state index in [1.54, 1.807) is 13.8 Å². The van der Waals surface area contributed by atoms with Crippen LogP contribution in [-0.2, 0) is 15.3 Å². The molecule has 1 aromatic heterocycles. The van der Waals surface area contributed by atoms with Crippen LogP contribution in [0.25, 0.3) is 0 Å². The molecular formula is C14H22N2O4S. The first-order chi connectivity index (χ1) is 9.74. The lowest BCUT2D eigenvalue weighted by Crippen LogP contribution is -2.32. The summed E-state index contributed by atoms with van der Waals surface area (Å²) in [6, 6.07) is 0. The largest absolute Gasteiger partial charge is 0.481 e. The minimum Gasteiger partial charge on any atom is -0.481 e. The smallest absolute Gasteiger partial charge is 0.309 e. The Morgan fingerprint density at radius 2 is 2.05 bits per heavy atom. The van der Waals surface area contributed by atoms with Gasteiger partial charge in [-0.2, -0.15) is 0 Å². The number of hydrogen-bond donors (Lipinski definition) is 2. The zero-order valence-electron chi connectivity index (χ0n) is 12.9. The number of carbonyl (C=O) groups excluding carboxylic acids is 1. The van der Waals surface area contributed by atoms with Crippen LogP contribution in [0.15, 0.2) is 4.52 Å². The maximum absolute atomic E-state index is 11.7. The second-order valence-corrected chi connectivity index (χ2v) is 6.57. The number of carboxylic acid groups (broad SMARTS) is 1. The Hall–Kier alpha value is -1.50. The zero-order valence-corrected chi connectivity index (χ0v) is 13.7. The fourth-order valence-electron chi connectivity index (χ4n) is 1.63. The second kappa shape index (κ2) is 7.49. The highest BCUT2D eigenvalue weighted by Gasteiger charge is 2.26. The van der Waals surface area contributed by atoms with E-state index in [1.165, 1.54) is 11.8 Å². The number of amides is 1. The molecule has 1 heterocycles. The van der Waals surface area contributed by atoms with Gasteiger partial charge in [-0.25, -0.2) is 0 Å². The highest BCUT2D eigenvalue weighted by atomic mass is 32.2. The molecule has 0 unspecified atom stereocenters. The van der Waals surface area contributed by atoms with Gasteiger partial charge in [0.15, 0.2) is 0 Å². The maximum Gasteiger partial charge on any atom is 0.309 e. The SMILES string of the molecule is Cc1noc(C)c1CSCC(=O)NCCC(C)(C)C(=O)O. The number of nitrogens with one attached hydrogen (secondary N) is 1. The van der Waals surface area contributed by atoms with Crippen LogP contribution in [0, 0.1) is 19.3 Å². The van der Waals surface area contributed by atoms with Crippen LogP contribution in [0.3, 0.4) is 0 Å². The highest BCUT2D eigenvalue weighted by Crippen LogP contribution is 2.20. The summed E-state index contributed by atoms with van der Waals surface area (Å²) in [5, 5.41) is 15.6. The van der Waals surface area contributed by atoms with Gasteiger partial charge in [-0.05, 0) is 34.1 Å². The number of aromatic nitrogens is 1. The average molecular weight is 314 g/mol. The Balaban J connectivity index is 2.25. The van der Waals surface area contributed by atoms with E-state index in [9.17, 15) is 9.59 Å². The number of carbonyl (C=O) groups is 2. The summed E-state index contributed by atoms with van der Waals surface area (Å²) in [5.74, 6) is 0.841. The number of aliphatic carboxylic acids is 1. The normalized spacial score (nSPS) is 11.4. The van der Waals surface area contributed by atoms with E-state index in [-0.39, 0.29) is 5.91 Å². The molecule has 0 saturated carbocycles. The third-order valence-corrected chi connectivity index (χ3v) is 4.27. The van der Waals surface area contributed by atoms with Crippen LogP contribution in [0.1, 0.15) is 37.3 Å². The first-order valence-electron chi connectivity index (χ1n) is 6.73. The fourth-order valence-corrected chi connectivity index (χ4v) is 2.63. The average Bonchev–Trinajstić information content (AvgIpc) is 2.70. The second-order valence-electron chi connectivity index (χ2n) is 5.58. The molecule has 21 heavy (non-hydrogen) atoms. The molecule has 2 N–H and O–H groups in total. The predicted molar refractivity (Wildman–Crippen MR) is 81.2 cm³/mol. The Morgan fingerprint density at radius 1 is 1.38 bits per heavy atom. The molecule has 0 bridgehead atoms. The molecule has 0 aliphatic carbocycles. The number of aryl methyl sites for hydroxylation is 2. The molecule has 0 radical (unpaired) electrons. The molecule has 0 fully saturated rings. The van der Waals surface area contributed by atoms with E-state index in [4.69, 9.17) is 9.63 Å². The van der Waals surface area contributed by atoms with E-state index in [1.807, 2.05) is 13.8 Å². The molecule has 1 rings (SSSR count). The van der Waals surface area contributed by atoms with Crippen molar-refractivity contribution in [1.82, 2.24) is 10.5 Å². The third-order valence-electron chi connectivity index (χ3n) is 3.31. The van der Waals surface area contributed by atoms with Crippen molar-refractivity contribution in [2.75, 3.05) is 12.3 Å². The van der Waals surface area contributed by atoms with Gasteiger partial charge in [0, 0.05) is 17.9 Å². The first-order valence-corrected chi connectivity index (χ1v) is 7.89. The van der Waals surface area contributed by atoms with E-state index >= 15 is 0 Å². The predicted octanol–water partition coefficient (Wildman–Crippen LogP) is 2.14. The van der Waals surface area contributed by atoms with Gasteiger partial charge in [0.05, 0.1) is 16.9 Å². The van der Waals surface area contributed by atoms with Crippen LogP contribution in [0.5, 0.6) is 0 Å². The van der Waals surface area contributed by atoms with Gasteiger partial charge in [0.25, 0.3) is 0 Å². The van der Waals surface area contributed by atoms with Gasteiger partial charge in [0.2, 0.25) is 5.91 Å². The van der Waals surface area contributed by atoms with Crippen molar-refractivity contribution in [3.63, 3.8) is 0 Å². The summed E-state index contributed by atoms with van der Waals surface area (Å²) in [6.07, 6.45) is 0.405. The number of carboxylic acids is 1. The number of rotatable bonds is 8. The number of nitrogens with zero attached hydrogens (tertiary/aromatic N) is 1. The Morgan fingerprint density at radius 3 is 2.57 bits per heavy atom. The standard InChI is InChI=1S/C14H22N2O4S/c1-9-11(10(2)20-16-9)7-21-8-12(17)15-6-5-14(3,4)13(18)19/h5-8H2,1-4H3,(H,15,17)(H,18,19). The zero-order chi connectivity index (χ0) is 16.0. The molecule has 1 amide bonds. The van der Waals surface area contributed by atoms with Gasteiger partial charge in [0.1, 0.15) is 5.76 Å². The topological polar surface area (TPSA) is 92.4 Å². The van der Waals surface area contributed by atoms with Crippen LogP contribution >= 0.6 is 11.8 Å². The molecule has 6 nitrogen and oxygen atoms in total. The van der Waals surface area contributed by atoms with Gasteiger partial charge in [-0.1, -0.05) is 5.16 Å². The first kappa shape index (κ1) is 17.6. The lowest BCUT2D eigenvalue weighted by atomic mass is 9.90. The van der Waals surface area contributed by atoms with E-state index in [0.29, 0.717) is 24.5 Å². The minimum absolute atomic E-state index is 0.0899. The lowest BCUT2D eigenvalue weighted by molar-refractivity contribution is -0.147. The van der Waals surface area contributed by atoms with Gasteiger partial charge in [-0.3, -0.25) is 9.59 Å². The van der Waals surface area contributed by atoms with Crippen molar-refractivity contribution in [3.05, 3.63) is 17.0 Å². The van der Waals surface area contributed by atoms with Crippen molar-refractivity contribution in [2.24, 2.45) is 5.41 Å². The van der Waals surface area contributed by atoms with E-state index in [2.05, 4.69) is 10.5 Å². The molecule has 0 aliphatic rings. The van der Waals surface area contributed by atoms with Crippen LogP contribution < -0.4 is 5.32 Å². The van der Waals surface area contributed by atoms with Crippen molar-refractivity contribution < 1.29 is 19.2 Å². The van der Waals surface area contributed by atoms with Crippen molar-refractivity contribution >= 4 is 23.6 Å². The summed E-state index contributed by atoms with van der Waals surface area (Å²) in [4.78, 5) is 22.6. The maximum atomic E-state index is 11.7. The molecule has 0 aliphatic heterocycles. The Kier molecular flexibility index (Phi) is 6.26. The molecule has 1 aromatic rings. The van der Waals surface area contributed by atoms with Gasteiger partial charge < -0.3 is 14.9 Å².